The number of amidine groups is 1. The maximum Gasteiger partial charge on any atom is 0.246 e. The lowest BCUT2D eigenvalue weighted by Gasteiger charge is -2.41. The number of anilines is 2. The Hall–Kier alpha value is -4.50. The van der Waals surface area contributed by atoms with Crippen LogP contribution in [-0.4, -0.2) is 75.9 Å². The fraction of sp³-hybridized carbons (Fsp3) is 0.324. The van der Waals surface area contributed by atoms with Crippen LogP contribution in [0.5, 0.6) is 0 Å². The number of aliphatic imine (C=N–C) groups is 1. The van der Waals surface area contributed by atoms with Crippen molar-refractivity contribution in [1.29, 1.82) is 0 Å². The lowest BCUT2D eigenvalue weighted by molar-refractivity contribution is -0.128. The maximum absolute atomic E-state index is 13.2. The van der Waals surface area contributed by atoms with E-state index in [1.54, 1.807) is 23.0 Å². The third kappa shape index (κ3) is 5.48. The lowest BCUT2D eigenvalue weighted by Crippen LogP contribution is -2.55. The minimum absolute atomic E-state index is 0.0570. The van der Waals surface area contributed by atoms with E-state index in [0.717, 1.165) is 58.1 Å². The van der Waals surface area contributed by atoms with Gasteiger partial charge in [-0.1, -0.05) is 56.3 Å². The molecule has 1 aliphatic rings. The number of pyridine rings is 1. The Kier molecular flexibility index (Phi) is 9.15. The number of aryl methyl sites for hydroxylation is 3. The van der Waals surface area contributed by atoms with Gasteiger partial charge < -0.3 is 9.80 Å². The summed E-state index contributed by atoms with van der Waals surface area (Å²) in [6, 6.07) is 11.9. The molecule has 1 N–H and O–H groups in total. The van der Waals surface area contributed by atoms with Crippen LogP contribution in [0.15, 0.2) is 60.2 Å². The van der Waals surface area contributed by atoms with Gasteiger partial charge in [-0.25, -0.2) is 4.98 Å². The fourth-order valence-electron chi connectivity index (χ4n) is 6.18. The topological polar surface area (TPSA) is 97.8 Å². The maximum atomic E-state index is 13.2. The molecule has 2 amide bonds. The molecule has 2 aromatic heterocycles. The van der Waals surface area contributed by atoms with E-state index in [2.05, 4.69) is 42.4 Å². The summed E-state index contributed by atoms with van der Waals surface area (Å²) in [6.45, 7) is 13.4. The van der Waals surface area contributed by atoms with Gasteiger partial charge in [0.05, 0.1) is 33.7 Å². The Balaban J connectivity index is 1.76. The van der Waals surface area contributed by atoms with Crippen molar-refractivity contribution in [3.8, 4) is 11.3 Å². The van der Waals surface area contributed by atoms with Crippen LogP contribution in [0.3, 0.4) is 0 Å². The first-order valence-electron chi connectivity index (χ1n) is 14.9. The molecule has 10 heteroatoms. The molecule has 0 saturated carbocycles. The molecule has 1 saturated heterocycles. The molecule has 0 radical (unpaired) electrons. The van der Waals surface area contributed by atoms with Crippen LogP contribution < -0.4 is 4.90 Å². The number of benzene rings is 2. The van der Waals surface area contributed by atoms with Gasteiger partial charge in [0.2, 0.25) is 12.3 Å². The minimum atomic E-state index is -0.0968. The molecule has 1 aliphatic heterocycles. The second kappa shape index (κ2) is 13.0. The van der Waals surface area contributed by atoms with Crippen molar-refractivity contribution in [3.63, 3.8) is 0 Å². The second-order valence-electron chi connectivity index (χ2n) is 11.0. The van der Waals surface area contributed by atoms with Gasteiger partial charge in [0.25, 0.3) is 0 Å². The summed E-state index contributed by atoms with van der Waals surface area (Å²) in [4.78, 5) is 41.1. The zero-order valence-electron chi connectivity index (χ0n) is 25.9. The number of rotatable bonds is 8. The number of carbonyl (C=O) groups is 2. The third-order valence-corrected chi connectivity index (χ3v) is 8.69. The third-order valence-electron chi connectivity index (χ3n) is 8.40. The number of hydrogen-bond acceptors (Lipinski definition) is 5. The number of fused-ring (bicyclic) bond motifs is 1. The highest BCUT2D eigenvalue weighted by molar-refractivity contribution is 6.34. The van der Waals surface area contributed by atoms with Gasteiger partial charge in [-0.3, -0.25) is 24.6 Å². The zero-order chi connectivity index (χ0) is 31.5. The number of amides is 2. The fourth-order valence-corrected chi connectivity index (χ4v) is 6.43. The highest BCUT2D eigenvalue weighted by Gasteiger charge is 2.32. The van der Waals surface area contributed by atoms with Crippen molar-refractivity contribution in [1.82, 2.24) is 25.0 Å². The number of halogens is 1. The van der Waals surface area contributed by atoms with E-state index in [1.807, 2.05) is 43.3 Å². The molecular weight excluding hydrogens is 574 g/mol. The number of hydrogen-bond donors (Lipinski definition) is 1. The van der Waals surface area contributed by atoms with Gasteiger partial charge in [-0.15, -0.1) is 0 Å². The van der Waals surface area contributed by atoms with E-state index in [-0.39, 0.29) is 11.9 Å². The van der Waals surface area contributed by atoms with E-state index in [4.69, 9.17) is 21.6 Å². The van der Waals surface area contributed by atoms with Gasteiger partial charge in [0.1, 0.15) is 5.84 Å². The minimum Gasteiger partial charge on any atom is -0.350 e. The van der Waals surface area contributed by atoms with Crippen molar-refractivity contribution in [2.75, 3.05) is 31.6 Å². The number of aromatic nitrogens is 3. The predicted molar refractivity (Wildman–Crippen MR) is 178 cm³/mol. The Morgan fingerprint density at radius 2 is 1.93 bits per heavy atom. The molecule has 4 aromatic rings. The number of carbonyl (C=O) groups excluding carboxylic acids is 2. The van der Waals surface area contributed by atoms with Crippen molar-refractivity contribution in [2.45, 2.75) is 46.6 Å². The molecule has 3 heterocycles. The summed E-state index contributed by atoms with van der Waals surface area (Å²) in [6.07, 6.45) is 5.43. The summed E-state index contributed by atoms with van der Waals surface area (Å²) >= 11 is 7.11. The lowest BCUT2D eigenvalue weighted by atomic mass is 9.99. The first-order chi connectivity index (χ1) is 21.3. The molecule has 0 bridgehead atoms. The van der Waals surface area contributed by atoms with Crippen molar-refractivity contribution in [2.24, 2.45) is 4.99 Å². The summed E-state index contributed by atoms with van der Waals surface area (Å²) in [5.41, 5.74) is 6.77. The van der Waals surface area contributed by atoms with E-state index in [1.165, 1.54) is 6.08 Å². The molecule has 228 valence electrons. The molecule has 0 aliphatic carbocycles. The summed E-state index contributed by atoms with van der Waals surface area (Å²) < 4.78 is 0. The second-order valence-corrected chi connectivity index (χ2v) is 11.4. The number of aromatic amines is 1. The molecule has 0 spiro atoms. The van der Waals surface area contributed by atoms with Gasteiger partial charge in [0, 0.05) is 43.7 Å². The standard InChI is InChI=1S/C34H38ClN7O2/c1-7-23-11-10-12-24(8-2)32(23)42(20-43)34-25(33(36-6)41-16-15-40(19-22(41)5)29(44)9-3)17-27(35)31(38-34)30-21(4)13-14-28-26(30)18-37-39-28/h9-14,17-18,20,22H,3,7-8,15-16,19H2,1-2,4-6H3,(H,37,39)/b36-33+. The predicted octanol–water partition coefficient (Wildman–Crippen LogP) is 6.10. The van der Waals surface area contributed by atoms with Crippen LogP contribution in [-0.2, 0) is 22.4 Å². The monoisotopic (exact) mass is 611 g/mol. The van der Waals surface area contributed by atoms with Crippen LogP contribution >= 0.6 is 11.6 Å². The molecule has 1 unspecified atom stereocenters. The summed E-state index contributed by atoms with van der Waals surface area (Å²) in [5.74, 6) is 0.990. The van der Waals surface area contributed by atoms with Crippen LogP contribution in [0.4, 0.5) is 11.5 Å². The van der Waals surface area contributed by atoms with Crippen molar-refractivity contribution < 1.29 is 9.59 Å². The van der Waals surface area contributed by atoms with E-state index >= 15 is 0 Å². The first-order valence-corrected chi connectivity index (χ1v) is 15.3. The van der Waals surface area contributed by atoms with Gasteiger partial charge >= 0.3 is 0 Å². The van der Waals surface area contributed by atoms with Crippen LogP contribution in [0.25, 0.3) is 22.2 Å². The van der Waals surface area contributed by atoms with Gasteiger partial charge in [-0.05, 0) is 61.6 Å². The smallest absolute Gasteiger partial charge is 0.246 e. The van der Waals surface area contributed by atoms with Gasteiger partial charge in [-0.2, -0.15) is 5.10 Å². The summed E-state index contributed by atoms with van der Waals surface area (Å²) in [7, 11) is 1.73. The summed E-state index contributed by atoms with van der Waals surface area (Å²) in [5, 5.41) is 8.61. The van der Waals surface area contributed by atoms with E-state index in [9.17, 15) is 9.59 Å². The molecule has 9 nitrogen and oxygen atoms in total. The number of nitrogens with zero attached hydrogens (tertiary/aromatic N) is 6. The van der Waals surface area contributed by atoms with Crippen LogP contribution in [0.1, 0.15) is 43.0 Å². The zero-order valence-corrected chi connectivity index (χ0v) is 26.6. The van der Waals surface area contributed by atoms with Crippen LogP contribution in [0.2, 0.25) is 5.02 Å². The van der Waals surface area contributed by atoms with Gasteiger partial charge in [0.15, 0.2) is 5.82 Å². The molecular formula is C34H38ClN7O2. The highest BCUT2D eigenvalue weighted by Crippen LogP contribution is 2.40. The van der Waals surface area contributed by atoms with Crippen LogP contribution in [0, 0.1) is 6.92 Å². The SMILES string of the molecule is C=CC(=O)N1CCN(/C(=N/C)c2cc(Cl)c(-c3c(C)ccc4[nH]ncc34)nc2N(C=O)c2c(CC)cccc2CC)C(C)C1. The Bertz CT molecular complexity index is 1740. The number of nitrogens with one attached hydrogen (secondary N) is 1. The van der Waals surface area contributed by atoms with E-state index < -0.39 is 0 Å². The number of piperazine rings is 1. The molecule has 5 rings (SSSR count). The Labute approximate surface area is 263 Å². The molecule has 2 aromatic carbocycles. The Morgan fingerprint density at radius 3 is 2.55 bits per heavy atom. The Morgan fingerprint density at radius 1 is 1.20 bits per heavy atom. The number of H-pyrrole nitrogens is 1. The largest absolute Gasteiger partial charge is 0.350 e. The van der Waals surface area contributed by atoms with E-state index in [0.29, 0.717) is 47.6 Å². The quantitative estimate of drug-likeness (QED) is 0.112. The number of para-hydroxylation sites is 1. The molecule has 44 heavy (non-hydrogen) atoms. The highest BCUT2D eigenvalue weighted by atomic mass is 35.5. The van der Waals surface area contributed by atoms with Crippen molar-refractivity contribution in [3.05, 3.63) is 82.5 Å². The molecule has 1 fully saturated rings. The average molecular weight is 612 g/mol. The normalized spacial score (nSPS) is 15.5. The average Bonchev–Trinajstić information content (AvgIpc) is 3.52. The van der Waals surface area contributed by atoms with Crippen molar-refractivity contribution >= 4 is 52.2 Å². The molecule has 1 atom stereocenters. The first kappa shape index (κ1) is 30.9.